The minimum atomic E-state index is -4.65. The first kappa shape index (κ1) is 16.1. The molecule has 0 radical (unpaired) electrons. The van der Waals surface area contributed by atoms with Gasteiger partial charge in [-0.25, -0.2) is 0 Å². The second kappa shape index (κ2) is 5.18. The third kappa shape index (κ3) is 9.35. The molecule has 9 heteroatoms. The maximum Gasteiger partial charge on any atom is 0.393 e. The van der Waals surface area contributed by atoms with Gasteiger partial charge in [-0.05, 0) is 6.92 Å². The molecule has 0 bridgehead atoms. The topological polar surface area (TPSA) is 9.23 Å². The summed E-state index contributed by atoms with van der Waals surface area (Å²) >= 11 is 10.3. The van der Waals surface area contributed by atoms with Gasteiger partial charge in [0.2, 0.25) is 0 Å². The molecule has 0 aromatic heterocycles. The van der Waals surface area contributed by atoms with Crippen LogP contribution in [0, 0.1) is 0 Å². The van der Waals surface area contributed by atoms with Crippen molar-refractivity contribution in [2.45, 2.75) is 42.7 Å². The van der Waals surface area contributed by atoms with Crippen LogP contribution in [0.4, 0.5) is 26.3 Å². The molecule has 0 aliphatic carbocycles. The Balaban J connectivity index is 4.26. The highest BCUT2D eigenvalue weighted by Crippen LogP contribution is 2.36. The highest BCUT2D eigenvalue weighted by Gasteiger charge is 2.42. The van der Waals surface area contributed by atoms with Gasteiger partial charge in [0, 0.05) is 0 Å². The van der Waals surface area contributed by atoms with Gasteiger partial charge >= 0.3 is 12.4 Å². The van der Waals surface area contributed by atoms with Crippen molar-refractivity contribution in [2.75, 3.05) is 0 Å². The SMILES string of the molecule is CC(Cl)(CC(F)(F)F)OC(Cl)CC(F)(F)F. The zero-order chi connectivity index (χ0) is 13.2. The summed E-state index contributed by atoms with van der Waals surface area (Å²) in [6.07, 6.45) is -12.4. The third-order valence-corrected chi connectivity index (χ3v) is 1.75. The summed E-state index contributed by atoms with van der Waals surface area (Å²) in [5.74, 6) is 0. The number of hydrogen-bond donors (Lipinski definition) is 0. The normalized spacial score (nSPS) is 19.3. The molecule has 0 fully saturated rings. The number of hydrogen-bond acceptors (Lipinski definition) is 1. The highest BCUT2D eigenvalue weighted by molar-refractivity contribution is 6.23. The van der Waals surface area contributed by atoms with Crippen LogP contribution in [-0.4, -0.2) is 23.0 Å². The molecule has 0 saturated carbocycles. The van der Waals surface area contributed by atoms with Crippen LogP contribution < -0.4 is 0 Å². The van der Waals surface area contributed by atoms with Crippen molar-refractivity contribution in [1.82, 2.24) is 0 Å². The monoisotopic (exact) mass is 292 g/mol. The first-order chi connectivity index (χ1) is 6.81. The standard InChI is InChI=1S/C7H8Cl2F6O/c1-5(9,3-7(13,14)15)16-4(8)2-6(10,11)12/h4H,2-3H2,1H3. The molecule has 16 heavy (non-hydrogen) atoms. The summed E-state index contributed by atoms with van der Waals surface area (Å²) in [7, 11) is 0. The molecule has 0 aliphatic rings. The van der Waals surface area contributed by atoms with E-state index in [2.05, 4.69) is 4.74 Å². The van der Waals surface area contributed by atoms with E-state index in [0.717, 1.165) is 6.92 Å². The van der Waals surface area contributed by atoms with Gasteiger partial charge in [-0.15, -0.1) is 0 Å². The van der Waals surface area contributed by atoms with Gasteiger partial charge in [0.05, 0.1) is 12.8 Å². The Morgan fingerprint density at radius 2 is 1.50 bits per heavy atom. The maximum absolute atomic E-state index is 11.9. The van der Waals surface area contributed by atoms with E-state index in [1.165, 1.54) is 0 Å². The van der Waals surface area contributed by atoms with Crippen LogP contribution in [0.1, 0.15) is 19.8 Å². The lowest BCUT2D eigenvalue weighted by Crippen LogP contribution is -2.33. The summed E-state index contributed by atoms with van der Waals surface area (Å²) < 4.78 is 75.4. The van der Waals surface area contributed by atoms with Crippen molar-refractivity contribution in [3.8, 4) is 0 Å². The molecule has 2 unspecified atom stereocenters. The highest BCUT2D eigenvalue weighted by atomic mass is 35.5. The number of ether oxygens (including phenoxy) is 1. The molecular formula is C7H8Cl2F6O. The molecule has 0 heterocycles. The van der Waals surface area contributed by atoms with Crippen molar-refractivity contribution in [1.29, 1.82) is 0 Å². The van der Waals surface area contributed by atoms with Crippen molar-refractivity contribution < 1.29 is 31.1 Å². The smallest absolute Gasteiger partial charge is 0.340 e. The second-order valence-corrected chi connectivity index (χ2v) is 4.53. The minimum absolute atomic E-state index is 0.799. The summed E-state index contributed by atoms with van der Waals surface area (Å²) in [4.78, 5) is 0. The van der Waals surface area contributed by atoms with E-state index in [0.29, 0.717) is 0 Å². The Hall–Kier alpha value is 0.120. The molecule has 0 aromatic carbocycles. The van der Waals surface area contributed by atoms with E-state index in [1.54, 1.807) is 0 Å². The third-order valence-electron chi connectivity index (χ3n) is 1.28. The minimum Gasteiger partial charge on any atom is -0.340 e. The van der Waals surface area contributed by atoms with Crippen LogP contribution in [-0.2, 0) is 4.74 Å². The Morgan fingerprint density at radius 1 is 1.06 bits per heavy atom. The Morgan fingerprint density at radius 3 is 1.81 bits per heavy atom. The Bertz CT molecular complexity index is 224. The van der Waals surface area contributed by atoms with Gasteiger partial charge < -0.3 is 4.74 Å². The van der Waals surface area contributed by atoms with Crippen LogP contribution in [0.25, 0.3) is 0 Å². The van der Waals surface area contributed by atoms with E-state index in [9.17, 15) is 26.3 Å². The van der Waals surface area contributed by atoms with Crippen molar-refractivity contribution in [2.24, 2.45) is 0 Å². The van der Waals surface area contributed by atoms with Gasteiger partial charge in [0.25, 0.3) is 0 Å². The van der Waals surface area contributed by atoms with Crippen LogP contribution in [0.5, 0.6) is 0 Å². The number of alkyl halides is 8. The van der Waals surface area contributed by atoms with E-state index in [-0.39, 0.29) is 0 Å². The predicted octanol–water partition coefficient (Wildman–Crippen LogP) is 4.43. The summed E-state index contributed by atoms with van der Waals surface area (Å²) in [6.45, 7) is 0.799. The first-order valence-corrected chi connectivity index (χ1v) is 4.76. The second-order valence-electron chi connectivity index (χ2n) is 3.24. The van der Waals surface area contributed by atoms with Crippen LogP contribution in [0.15, 0.2) is 0 Å². The van der Waals surface area contributed by atoms with Crippen molar-refractivity contribution >= 4 is 23.2 Å². The van der Waals surface area contributed by atoms with Gasteiger partial charge in [-0.1, -0.05) is 23.2 Å². The van der Waals surface area contributed by atoms with Crippen LogP contribution >= 0.6 is 23.2 Å². The van der Waals surface area contributed by atoms with Crippen molar-refractivity contribution in [3.05, 3.63) is 0 Å². The predicted molar refractivity (Wildman–Crippen MR) is 46.3 cm³/mol. The van der Waals surface area contributed by atoms with E-state index < -0.39 is 35.8 Å². The quantitative estimate of drug-likeness (QED) is 0.550. The molecule has 98 valence electrons. The molecule has 2 atom stereocenters. The van der Waals surface area contributed by atoms with Gasteiger partial charge in [0.15, 0.2) is 0 Å². The zero-order valence-electron chi connectivity index (χ0n) is 7.92. The lowest BCUT2D eigenvalue weighted by atomic mass is 10.2. The van der Waals surface area contributed by atoms with E-state index in [4.69, 9.17) is 23.2 Å². The van der Waals surface area contributed by atoms with E-state index in [1.807, 2.05) is 0 Å². The summed E-state index contributed by atoms with van der Waals surface area (Å²) in [6, 6.07) is 0. The molecule has 0 saturated heterocycles. The molecule has 1 nitrogen and oxygen atoms in total. The van der Waals surface area contributed by atoms with Gasteiger partial charge in [0.1, 0.15) is 10.6 Å². The molecule has 0 rings (SSSR count). The summed E-state index contributed by atoms with van der Waals surface area (Å²) in [5, 5.41) is -2.31. The largest absolute Gasteiger partial charge is 0.393 e. The first-order valence-electron chi connectivity index (χ1n) is 3.95. The zero-order valence-corrected chi connectivity index (χ0v) is 9.44. The Labute approximate surface area is 97.6 Å². The number of halogens is 8. The fourth-order valence-electron chi connectivity index (χ4n) is 0.890. The van der Waals surface area contributed by atoms with Crippen molar-refractivity contribution in [3.63, 3.8) is 0 Å². The maximum atomic E-state index is 11.9. The average molecular weight is 293 g/mol. The molecular weight excluding hydrogens is 285 g/mol. The lowest BCUT2D eigenvalue weighted by molar-refractivity contribution is -0.184. The average Bonchev–Trinajstić information content (AvgIpc) is 1.70. The van der Waals surface area contributed by atoms with E-state index >= 15 is 0 Å². The number of rotatable bonds is 4. The molecule has 0 amide bonds. The fourth-order valence-corrected chi connectivity index (χ4v) is 1.57. The van der Waals surface area contributed by atoms with Gasteiger partial charge in [-0.2, -0.15) is 26.3 Å². The molecule has 0 spiro atoms. The lowest BCUT2D eigenvalue weighted by Gasteiger charge is -2.27. The van der Waals surface area contributed by atoms with Crippen LogP contribution in [0.2, 0.25) is 0 Å². The Kier molecular flexibility index (Phi) is 5.22. The van der Waals surface area contributed by atoms with Gasteiger partial charge in [-0.3, -0.25) is 0 Å². The molecule has 0 aromatic rings. The molecule has 0 N–H and O–H groups in total. The van der Waals surface area contributed by atoms with Crippen LogP contribution in [0.3, 0.4) is 0 Å². The summed E-state index contributed by atoms with van der Waals surface area (Å²) in [5.41, 5.74) is -1.95. The fraction of sp³-hybridized carbons (Fsp3) is 1.00. The molecule has 0 aliphatic heterocycles.